The minimum atomic E-state index is -1.57. The second-order valence-corrected chi connectivity index (χ2v) is 19.0. The van der Waals surface area contributed by atoms with Crippen LogP contribution >= 0.6 is 0 Å². The van der Waals surface area contributed by atoms with Crippen molar-refractivity contribution in [3.05, 3.63) is 48.6 Å². The minimum absolute atomic E-state index is 0.190. The van der Waals surface area contributed by atoms with Crippen molar-refractivity contribution in [2.75, 3.05) is 13.2 Å². The quantitative estimate of drug-likeness (QED) is 0.0261. The molecule has 9 heteroatoms. The first-order valence-corrected chi connectivity index (χ1v) is 27.4. The van der Waals surface area contributed by atoms with Crippen LogP contribution in [0.2, 0.25) is 0 Å². The number of amides is 1. The van der Waals surface area contributed by atoms with Gasteiger partial charge in [-0.1, -0.05) is 217 Å². The first-order valence-electron chi connectivity index (χ1n) is 27.4. The van der Waals surface area contributed by atoms with Crippen LogP contribution < -0.4 is 5.32 Å². The molecule has 0 radical (unpaired) electrons. The molecule has 6 N–H and O–H groups in total. The van der Waals surface area contributed by atoms with E-state index in [0.717, 1.165) is 51.4 Å². The van der Waals surface area contributed by atoms with E-state index in [1.165, 1.54) is 173 Å². The molecule has 0 aromatic rings. The topological polar surface area (TPSA) is 149 Å². The van der Waals surface area contributed by atoms with Gasteiger partial charge >= 0.3 is 0 Å². The van der Waals surface area contributed by atoms with Gasteiger partial charge in [0.2, 0.25) is 5.91 Å². The van der Waals surface area contributed by atoms with E-state index in [1.807, 2.05) is 6.08 Å². The van der Waals surface area contributed by atoms with E-state index < -0.39 is 49.5 Å². The average molecular weight is 918 g/mol. The maximum Gasteiger partial charge on any atom is 0.220 e. The summed E-state index contributed by atoms with van der Waals surface area (Å²) < 4.78 is 11.2. The van der Waals surface area contributed by atoms with Crippen molar-refractivity contribution in [2.24, 2.45) is 0 Å². The lowest BCUT2D eigenvalue weighted by Crippen LogP contribution is -2.60. The van der Waals surface area contributed by atoms with Crippen LogP contribution in [0.3, 0.4) is 0 Å². The van der Waals surface area contributed by atoms with Crippen molar-refractivity contribution in [2.45, 2.75) is 288 Å². The Morgan fingerprint density at radius 1 is 0.508 bits per heavy atom. The molecule has 1 saturated heterocycles. The normalized spacial score (nSPS) is 20.3. The predicted molar refractivity (Wildman–Crippen MR) is 272 cm³/mol. The van der Waals surface area contributed by atoms with Crippen molar-refractivity contribution in [3.63, 3.8) is 0 Å². The number of aliphatic hydroxyl groups is 5. The largest absolute Gasteiger partial charge is 0.394 e. The van der Waals surface area contributed by atoms with Crippen LogP contribution in [0.5, 0.6) is 0 Å². The predicted octanol–water partition coefficient (Wildman–Crippen LogP) is 13.0. The molecular formula is C56H103NO8. The number of rotatable bonds is 46. The molecule has 7 unspecified atom stereocenters. The van der Waals surface area contributed by atoms with E-state index in [2.05, 4.69) is 55.6 Å². The molecule has 0 saturated carbocycles. The van der Waals surface area contributed by atoms with Crippen LogP contribution in [0.25, 0.3) is 0 Å². The third kappa shape index (κ3) is 35.9. The Morgan fingerprint density at radius 2 is 0.877 bits per heavy atom. The molecular weight excluding hydrogens is 815 g/mol. The van der Waals surface area contributed by atoms with Gasteiger partial charge < -0.3 is 40.3 Å². The Balaban J connectivity index is 2.22. The lowest BCUT2D eigenvalue weighted by molar-refractivity contribution is -0.302. The number of unbranched alkanes of at least 4 members (excludes halogenated alkanes) is 30. The number of ether oxygens (including phenoxy) is 2. The molecule has 9 nitrogen and oxygen atoms in total. The van der Waals surface area contributed by atoms with Gasteiger partial charge in [0.05, 0.1) is 25.4 Å². The number of carbonyl (C=O) groups excluding carboxylic acids is 1. The summed E-state index contributed by atoms with van der Waals surface area (Å²) in [5.74, 6) is -0.190. The second-order valence-electron chi connectivity index (χ2n) is 19.0. The molecule has 1 amide bonds. The molecule has 7 atom stereocenters. The molecule has 1 aliphatic heterocycles. The van der Waals surface area contributed by atoms with Crippen LogP contribution in [-0.2, 0) is 14.3 Å². The monoisotopic (exact) mass is 918 g/mol. The van der Waals surface area contributed by atoms with Crippen LogP contribution in [0, 0.1) is 0 Å². The van der Waals surface area contributed by atoms with Crippen LogP contribution in [-0.4, -0.2) is 87.5 Å². The highest BCUT2D eigenvalue weighted by Crippen LogP contribution is 2.23. The maximum atomic E-state index is 13.0. The van der Waals surface area contributed by atoms with Crippen LogP contribution in [0.1, 0.15) is 245 Å². The van der Waals surface area contributed by atoms with E-state index in [9.17, 15) is 30.3 Å². The Bertz CT molecular complexity index is 1160. The van der Waals surface area contributed by atoms with Gasteiger partial charge in [-0.25, -0.2) is 0 Å². The molecule has 0 aromatic heterocycles. The summed E-state index contributed by atoms with van der Waals surface area (Å²) in [6.45, 7) is 3.75. The molecule has 1 heterocycles. The Morgan fingerprint density at radius 3 is 1.29 bits per heavy atom. The van der Waals surface area contributed by atoms with E-state index >= 15 is 0 Å². The van der Waals surface area contributed by atoms with Crippen LogP contribution in [0.15, 0.2) is 48.6 Å². The van der Waals surface area contributed by atoms with Gasteiger partial charge in [-0.05, 0) is 70.6 Å². The highest BCUT2D eigenvalue weighted by Gasteiger charge is 2.44. The lowest BCUT2D eigenvalue weighted by atomic mass is 9.99. The number of nitrogens with one attached hydrogen (secondary N) is 1. The molecule has 0 bridgehead atoms. The van der Waals surface area contributed by atoms with Gasteiger partial charge in [-0.3, -0.25) is 4.79 Å². The van der Waals surface area contributed by atoms with Gasteiger partial charge in [0.1, 0.15) is 24.4 Å². The fraction of sp³-hybridized carbons (Fsp3) is 0.839. The van der Waals surface area contributed by atoms with Crippen molar-refractivity contribution < 1.29 is 39.8 Å². The van der Waals surface area contributed by atoms with E-state index in [-0.39, 0.29) is 12.5 Å². The van der Waals surface area contributed by atoms with Gasteiger partial charge in [0.25, 0.3) is 0 Å². The van der Waals surface area contributed by atoms with Crippen molar-refractivity contribution in [3.8, 4) is 0 Å². The summed E-state index contributed by atoms with van der Waals surface area (Å²) in [7, 11) is 0. The number of hydrogen-bond acceptors (Lipinski definition) is 8. The highest BCUT2D eigenvalue weighted by atomic mass is 16.7. The van der Waals surface area contributed by atoms with Gasteiger partial charge in [-0.2, -0.15) is 0 Å². The van der Waals surface area contributed by atoms with Crippen LogP contribution in [0.4, 0.5) is 0 Å². The zero-order chi connectivity index (χ0) is 47.3. The third-order valence-corrected chi connectivity index (χ3v) is 12.9. The summed E-state index contributed by atoms with van der Waals surface area (Å²) in [5, 5.41) is 54.3. The van der Waals surface area contributed by atoms with Crippen molar-refractivity contribution in [1.82, 2.24) is 5.32 Å². The Kier molecular flexibility index (Phi) is 43.2. The van der Waals surface area contributed by atoms with E-state index in [0.29, 0.717) is 6.42 Å². The molecule has 0 aromatic carbocycles. The first kappa shape index (κ1) is 61.2. The zero-order valence-corrected chi connectivity index (χ0v) is 42.0. The molecule has 380 valence electrons. The first-order chi connectivity index (χ1) is 31.8. The Labute approximate surface area is 399 Å². The number of hydrogen-bond donors (Lipinski definition) is 6. The standard InChI is InChI=1S/C56H103NO8/c1-3-5-7-9-11-13-15-17-19-20-21-22-23-24-25-26-27-28-29-30-32-34-36-38-40-42-44-46-52(60)57-49(48-64-56-55(63)54(62)53(61)51(47-58)65-56)50(59)45-43-41-39-37-35-33-31-18-16-14-12-10-8-6-4-2/h16,18,20-21,35,37,43,45,49-51,53-56,58-59,61-63H,3-15,17,19,22-34,36,38-42,44,46-48H2,1-2H3,(H,57,60)/b18-16+,21-20-,37-35+,45-43+. The van der Waals surface area contributed by atoms with Gasteiger partial charge in [0, 0.05) is 6.42 Å². The fourth-order valence-electron chi connectivity index (χ4n) is 8.48. The minimum Gasteiger partial charge on any atom is -0.394 e. The third-order valence-electron chi connectivity index (χ3n) is 12.9. The molecule has 65 heavy (non-hydrogen) atoms. The summed E-state index contributed by atoms with van der Waals surface area (Å²) in [4.78, 5) is 13.0. The van der Waals surface area contributed by atoms with E-state index in [4.69, 9.17) is 9.47 Å². The van der Waals surface area contributed by atoms with Gasteiger partial charge in [-0.15, -0.1) is 0 Å². The maximum absolute atomic E-state index is 13.0. The molecule has 1 rings (SSSR count). The summed E-state index contributed by atoms with van der Waals surface area (Å²) >= 11 is 0. The molecule has 1 aliphatic rings. The summed E-state index contributed by atoms with van der Waals surface area (Å²) in [6.07, 6.45) is 53.2. The highest BCUT2D eigenvalue weighted by molar-refractivity contribution is 5.76. The van der Waals surface area contributed by atoms with Gasteiger partial charge in [0.15, 0.2) is 6.29 Å². The smallest absolute Gasteiger partial charge is 0.220 e. The molecule has 0 aliphatic carbocycles. The van der Waals surface area contributed by atoms with Crippen molar-refractivity contribution >= 4 is 5.91 Å². The molecule has 1 fully saturated rings. The Hall–Kier alpha value is -1.85. The number of carbonyl (C=O) groups is 1. The average Bonchev–Trinajstić information content (AvgIpc) is 3.31. The fourth-order valence-corrected chi connectivity index (χ4v) is 8.48. The van der Waals surface area contributed by atoms with E-state index in [1.54, 1.807) is 6.08 Å². The lowest BCUT2D eigenvalue weighted by Gasteiger charge is -2.40. The second kappa shape index (κ2) is 45.9. The molecule has 0 spiro atoms. The number of aliphatic hydroxyl groups excluding tert-OH is 5. The van der Waals surface area contributed by atoms with Crippen molar-refractivity contribution in [1.29, 1.82) is 0 Å². The summed E-state index contributed by atoms with van der Waals surface area (Å²) in [5.41, 5.74) is 0. The zero-order valence-electron chi connectivity index (χ0n) is 42.0. The SMILES string of the molecule is CCCCCCC/C=C/CC/C=C/CC/C=C/C(O)C(COC1OC(CO)C(O)C(O)C1O)NC(=O)CCCCCCCCCCCCCCCCC/C=C\CCCCCCCCCC. The number of allylic oxidation sites excluding steroid dienone is 7. The summed E-state index contributed by atoms with van der Waals surface area (Å²) in [6, 6.07) is -0.827.